The molecule has 3 aromatic rings. The van der Waals surface area contributed by atoms with Gasteiger partial charge in [-0.15, -0.1) is 0 Å². The van der Waals surface area contributed by atoms with Gasteiger partial charge < -0.3 is 15.0 Å². The van der Waals surface area contributed by atoms with Crippen molar-refractivity contribution in [2.45, 2.75) is 26.0 Å². The average Bonchev–Trinajstić information content (AvgIpc) is 2.74. The number of nitrogens with one attached hydrogen (secondary N) is 1. The largest absolute Gasteiger partial charge is 0.478 e. The lowest BCUT2D eigenvalue weighted by Gasteiger charge is -2.28. The van der Waals surface area contributed by atoms with Gasteiger partial charge in [-0.25, -0.2) is 0 Å². The Morgan fingerprint density at radius 2 is 1.69 bits per heavy atom. The van der Waals surface area contributed by atoms with Gasteiger partial charge in [-0.3, -0.25) is 9.59 Å². The summed E-state index contributed by atoms with van der Waals surface area (Å²) in [7, 11) is 0. The van der Waals surface area contributed by atoms with Gasteiger partial charge in [-0.1, -0.05) is 54.6 Å². The number of hydrogen-bond acceptors (Lipinski definition) is 3. The summed E-state index contributed by atoms with van der Waals surface area (Å²) in [5.41, 5.74) is 3.47. The number of aryl methyl sites for hydroxylation is 1. The number of ether oxygens (including phenoxy) is 1. The van der Waals surface area contributed by atoms with Crippen LogP contribution in [-0.2, 0) is 16.1 Å². The molecule has 1 N–H and O–H groups in total. The molecule has 0 saturated carbocycles. The quantitative estimate of drug-likeness (QED) is 0.711. The molecular formula is C24H22N2O3. The molecule has 1 aliphatic heterocycles. The predicted molar refractivity (Wildman–Crippen MR) is 113 cm³/mol. The SMILES string of the molecule is Cc1ccc2c(c1)NC(=O)C(CC(=O)N(Cc1ccccc1)c1ccccc1)O2. The van der Waals surface area contributed by atoms with E-state index in [0.29, 0.717) is 18.0 Å². The van der Waals surface area contributed by atoms with Gasteiger partial charge in [-0.2, -0.15) is 0 Å². The third-order valence-corrected chi connectivity index (χ3v) is 4.87. The minimum Gasteiger partial charge on any atom is -0.478 e. The molecule has 1 aliphatic rings. The van der Waals surface area contributed by atoms with Gasteiger partial charge in [0.25, 0.3) is 5.91 Å². The molecule has 1 heterocycles. The lowest BCUT2D eigenvalue weighted by atomic mass is 10.1. The van der Waals surface area contributed by atoms with Crippen molar-refractivity contribution in [2.24, 2.45) is 0 Å². The first-order chi connectivity index (χ1) is 14.1. The molecular weight excluding hydrogens is 364 g/mol. The number of carbonyl (C=O) groups excluding carboxylic acids is 2. The van der Waals surface area contributed by atoms with E-state index >= 15 is 0 Å². The van der Waals surface area contributed by atoms with Gasteiger partial charge in [0.05, 0.1) is 18.7 Å². The molecule has 0 aromatic heterocycles. The van der Waals surface area contributed by atoms with Gasteiger partial charge in [0, 0.05) is 5.69 Å². The second-order valence-corrected chi connectivity index (χ2v) is 7.10. The maximum atomic E-state index is 13.2. The Bertz CT molecular complexity index is 1020. The minimum absolute atomic E-state index is 0.0408. The van der Waals surface area contributed by atoms with Crippen LogP contribution in [0.4, 0.5) is 11.4 Å². The topological polar surface area (TPSA) is 58.6 Å². The molecule has 0 bridgehead atoms. The molecule has 2 amide bonds. The predicted octanol–water partition coefficient (Wildman–Crippen LogP) is 4.32. The Morgan fingerprint density at radius 1 is 1.00 bits per heavy atom. The summed E-state index contributed by atoms with van der Waals surface area (Å²) in [6, 6.07) is 24.9. The molecule has 0 aliphatic carbocycles. The van der Waals surface area contributed by atoms with Crippen LogP contribution in [0.5, 0.6) is 5.75 Å². The van der Waals surface area contributed by atoms with E-state index in [9.17, 15) is 9.59 Å². The van der Waals surface area contributed by atoms with Crippen molar-refractivity contribution in [2.75, 3.05) is 10.2 Å². The number of para-hydroxylation sites is 1. The fourth-order valence-corrected chi connectivity index (χ4v) is 3.36. The fourth-order valence-electron chi connectivity index (χ4n) is 3.36. The summed E-state index contributed by atoms with van der Waals surface area (Å²) >= 11 is 0. The molecule has 4 rings (SSSR count). The van der Waals surface area contributed by atoms with Crippen molar-refractivity contribution in [1.82, 2.24) is 0 Å². The van der Waals surface area contributed by atoms with Crippen LogP contribution < -0.4 is 15.0 Å². The number of benzene rings is 3. The van der Waals surface area contributed by atoms with Crippen LogP contribution in [0.15, 0.2) is 78.9 Å². The Labute approximate surface area is 169 Å². The lowest BCUT2D eigenvalue weighted by Crippen LogP contribution is -2.42. The second kappa shape index (κ2) is 8.19. The Balaban J connectivity index is 1.55. The maximum absolute atomic E-state index is 13.2. The van der Waals surface area contributed by atoms with Crippen LogP contribution in [0.1, 0.15) is 17.5 Å². The number of rotatable bonds is 5. The van der Waals surface area contributed by atoms with E-state index in [1.54, 1.807) is 4.90 Å². The highest BCUT2D eigenvalue weighted by Gasteiger charge is 2.31. The van der Waals surface area contributed by atoms with Crippen molar-refractivity contribution in [3.05, 3.63) is 90.0 Å². The first-order valence-corrected chi connectivity index (χ1v) is 9.57. The highest BCUT2D eigenvalue weighted by molar-refractivity contribution is 6.02. The van der Waals surface area contributed by atoms with E-state index in [0.717, 1.165) is 16.8 Å². The normalized spacial score (nSPS) is 15.1. The third-order valence-electron chi connectivity index (χ3n) is 4.87. The highest BCUT2D eigenvalue weighted by atomic mass is 16.5. The number of fused-ring (bicyclic) bond motifs is 1. The number of carbonyl (C=O) groups is 2. The maximum Gasteiger partial charge on any atom is 0.266 e. The van der Waals surface area contributed by atoms with Gasteiger partial charge in [-0.05, 0) is 42.3 Å². The van der Waals surface area contributed by atoms with Crippen LogP contribution in [0.3, 0.4) is 0 Å². The Morgan fingerprint density at radius 3 is 2.41 bits per heavy atom. The van der Waals surface area contributed by atoms with E-state index in [4.69, 9.17) is 4.74 Å². The minimum atomic E-state index is -0.861. The average molecular weight is 386 g/mol. The summed E-state index contributed by atoms with van der Waals surface area (Å²) in [6.07, 6.45) is -0.902. The van der Waals surface area contributed by atoms with E-state index in [1.165, 1.54) is 0 Å². The van der Waals surface area contributed by atoms with Gasteiger partial charge >= 0.3 is 0 Å². The van der Waals surface area contributed by atoms with E-state index in [-0.39, 0.29) is 18.2 Å². The summed E-state index contributed by atoms with van der Waals surface area (Å²) in [5, 5.41) is 2.85. The fraction of sp³-hybridized carbons (Fsp3) is 0.167. The molecule has 3 aromatic carbocycles. The molecule has 1 unspecified atom stereocenters. The molecule has 0 radical (unpaired) electrons. The molecule has 146 valence electrons. The van der Waals surface area contributed by atoms with Crippen molar-refractivity contribution in [3.63, 3.8) is 0 Å². The molecule has 29 heavy (non-hydrogen) atoms. The monoisotopic (exact) mass is 386 g/mol. The smallest absolute Gasteiger partial charge is 0.266 e. The zero-order valence-corrected chi connectivity index (χ0v) is 16.2. The second-order valence-electron chi connectivity index (χ2n) is 7.10. The third kappa shape index (κ3) is 4.29. The van der Waals surface area contributed by atoms with Gasteiger partial charge in [0.15, 0.2) is 6.10 Å². The standard InChI is InChI=1S/C24H22N2O3/c1-17-12-13-21-20(14-17)25-24(28)22(29-21)15-23(27)26(19-10-6-3-7-11-19)16-18-8-4-2-5-9-18/h2-14,22H,15-16H2,1H3,(H,25,28). The zero-order valence-electron chi connectivity index (χ0n) is 16.2. The first kappa shape index (κ1) is 18.7. The number of amides is 2. The van der Waals surface area contributed by atoms with Crippen LogP contribution in [0, 0.1) is 6.92 Å². The number of nitrogens with zero attached hydrogens (tertiary/aromatic N) is 1. The highest BCUT2D eigenvalue weighted by Crippen LogP contribution is 2.31. The lowest BCUT2D eigenvalue weighted by molar-refractivity contribution is -0.129. The first-order valence-electron chi connectivity index (χ1n) is 9.57. The molecule has 5 heteroatoms. The Kier molecular flexibility index (Phi) is 5.29. The van der Waals surface area contributed by atoms with Crippen molar-refractivity contribution in [3.8, 4) is 5.75 Å². The number of hydrogen-bond donors (Lipinski definition) is 1. The van der Waals surface area contributed by atoms with Crippen molar-refractivity contribution >= 4 is 23.2 Å². The van der Waals surface area contributed by atoms with Crippen molar-refractivity contribution in [1.29, 1.82) is 0 Å². The molecule has 5 nitrogen and oxygen atoms in total. The number of anilines is 2. The van der Waals surface area contributed by atoms with Crippen LogP contribution >= 0.6 is 0 Å². The van der Waals surface area contributed by atoms with E-state index in [1.807, 2.05) is 85.8 Å². The Hall–Kier alpha value is -3.60. The van der Waals surface area contributed by atoms with Crippen LogP contribution in [0.2, 0.25) is 0 Å². The molecule has 1 atom stereocenters. The summed E-state index contributed by atoms with van der Waals surface area (Å²) < 4.78 is 5.85. The molecule has 0 fully saturated rings. The van der Waals surface area contributed by atoms with E-state index in [2.05, 4.69) is 5.32 Å². The molecule has 0 saturated heterocycles. The van der Waals surface area contributed by atoms with Gasteiger partial charge in [0.2, 0.25) is 5.91 Å². The summed E-state index contributed by atoms with van der Waals surface area (Å²) in [5.74, 6) is 0.113. The van der Waals surface area contributed by atoms with Crippen LogP contribution in [0.25, 0.3) is 0 Å². The van der Waals surface area contributed by atoms with Crippen LogP contribution in [-0.4, -0.2) is 17.9 Å². The zero-order chi connectivity index (χ0) is 20.2. The summed E-state index contributed by atoms with van der Waals surface area (Å²) in [4.78, 5) is 27.4. The van der Waals surface area contributed by atoms with Crippen molar-refractivity contribution < 1.29 is 14.3 Å². The summed E-state index contributed by atoms with van der Waals surface area (Å²) in [6.45, 7) is 2.37. The van der Waals surface area contributed by atoms with E-state index < -0.39 is 6.10 Å². The molecule has 0 spiro atoms. The van der Waals surface area contributed by atoms with Gasteiger partial charge in [0.1, 0.15) is 5.75 Å².